The lowest BCUT2D eigenvalue weighted by Gasteiger charge is -2.30. The Morgan fingerprint density at radius 3 is 2.50 bits per heavy atom. The standard InChI is InChI=1S/C15H21N5/c1-11-5-7-12(8-6-11)17-14-18-13(16)19-15(20-14)9-3-2-4-10-15/h5-8H,2-4,9-10H2,1H3,(H4,16,17,18,19,20)/p+2. The molecule has 1 aliphatic carbocycles. The molecule has 1 heterocycles. The van der Waals surface area contributed by atoms with E-state index >= 15 is 0 Å². The Hall–Kier alpha value is -2.04. The highest BCUT2D eigenvalue weighted by Gasteiger charge is 2.38. The minimum Gasteiger partial charge on any atom is -0.290 e. The quantitative estimate of drug-likeness (QED) is 0.432. The maximum absolute atomic E-state index is 6.00. The molecule has 1 aromatic carbocycles. The summed E-state index contributed by atoms with van der Waals surface area (Å²) in [4.78, 5) is 6.91. The Labute approximate surface area is 119 Å². The van der Waals surface area contributed by atoms with Crippen molar-refractivity contribution < 1.29 is 9.98 Å². The summed E-state index contributed by atoms with van der Waals surface area (Å²) in [5.74, 6) is 1.47. The lowest BCUT2D eigenvalue weighted by Crippen LogP contribution is -3.15. The minimum atomic E-state index is -0.0966. The van der Waals surface area contributed by atoms with E-state index in [1.807, 2.05) is 0 Å². The van der Waals surface area contributed by atoms with Crippen LogP contribution in [0.1, 0.15) is 37.7 Å². The highest BCUT2D eigenvalue weighted by atomic mass is 15.3. The first kappa shape index (κ1) is 13.0. The topological polar surface area (TPSA) is 78.0 Å². The molecule has 20 heavy (non-hydrogen) atoms. The van der Waals surface area contributed by atoms with Gasteiger partial charge in [-0.2, -0.15) is 5.32 Å². The summed E-state index contributed by atoms with van der Waals surface area (Å²) in [6, 6.07) is 8.32. The lowest BCUT2D eigenvalue weighted by molar-refractivity contribution is -0.803. The van der Waals surface area contributed by atoms with Crippen molar-refractivity contribution in [3.8, 4) is 0 Å². The van der Waals surface area contributed by atoms with Gasteiger partial charge in [-0.1, -0.05) is 24.1 Å². The summed E-state index contributed by atoms with van der Waals surface area (Å²) in [5, 5.41) is 6.49. The number of anilines is 1. The van der Waals surface area contributed by atoms with Gasteiger partial charge in [0, 0.05) is 12.8 Å². The van der Waals surface area contributed by atoms with Gasteiger partial charge in [0.15, 0.2) is 0 Å². The first-order chi connectivity index (χ1) is 9.65. The van der Waals surface area contributed by atoms with Crippen LogP contribution in [-0.4, -0.2) is 17.6 Å². The number of aryl methyl sites for hydroxylation is 1. The first-order valence-corrected chi connectivity index (χ1v) is 7.32. The number of nitrogens with two attached hydrogens (primary N) is 1. The second kappa shape index (κ2) is 5.15. The zero-order valence-electron chi connectivity index (χ0n) is 11.9. The van der Waals surface area contributed by atoms with Gasteiger partial charge in [-0.05, 0) is 31.9 Å². The van der Waals surface area contributed by atoms with Gasteiger partial charge in [-0.15, -0.1) is 0 Å². The van der Waals surface area contributed by atoms with Gasteiger partial charge in [0.1, 0.15) is 0 Å². The molecule has 1 spiro atoms. The average Bonchev–Trinajstić information content (AvgIpc) is 2.41. The van der Waals surface area contributed by atoms with E-state index in [1.54, 1.807) is 0 Å². The molecule has 106 valence electrons. The molecular formula is C15H23N5+2. The second-order valence-corrected chi connectivity index (χ2v) is 5.80. The molecule has 1 aromatic rings. The first-order valence-electron chi connectivity index (χ1n) is 7.32. The minimum absolute atomic E-state index is 0.0966. The summed E-state index contributed by atoms with van der Waals surface area (Å²) in [7, 11) is 0. The highest BCUT2D eigenvalue weighted by Crippen LogP contribution is 2.19. The molecule has 0 bridgehead atoms. The summed E-state index contributed by atoms with van der Waals surface area (Å²) in [5.41, 5.74) is 8.20. The fourth-order valence-electron chi connectivity index (χ4n) is 2.97. The van der Waals surface area contributed by atoms with E-state index in [2.05, 4.69) is 51.8 Å². The van der Waals surface area contributed by atoms with Crippen LogP contribution in [0.5, 0.6) is 0 Å². The van der Waals surface area contributed by atoms with Crippen LogP contribution in [0.15, 0.2) is 24.3 Å². The molecule has 0 saturated heterocycles. The van der Waals surface area contributed by atoms with Crippen molar-refractivity contribution in [1.29, 1.82) is 0 Å². The Morgan fingerprint density at radius 1 is 1.10 bits per heavy atom. The third kappa shape index (κ3) is 2.76. The molecule has 0 radical (unpaired) electrons. The van der Waals surface area contributed by atoms with Crippen LogP contribution >= 0.6 is 0 Å². The molecule has 2 aliphatic rings. The molecule has 3 rings (SSSR count). The van der Waals surface area contributed by atoms with Crippen molar-refractivity contribution in [1.82, 2.24) is 5.32 Å². The van der Waals surface area contributed by atoms with Crippen LogP contribution in [0.25, 0.3) is 0 Å². The van der Waals surface area contributed by atoms with Crippen molar-refractivity contribution in [3.63, 3.8) is 0 Å². The van der Waals surface area contributed by atoms with E-state index in [4.69, 9.17) is 5.73 Å². The predicted molar refractivity (Wildman–Crippen MR) is 79.9 cm³/mol. The van der Waals surface area contributed by atoms with E-state index in [0.29, 0.717) is 5.96 Å². The SMILES string of the molecule is Cc1ccc(NC2=[NH+]C3(CCCCC3)[NH+]=C(N)N2)cc1. The monoisotopic (exact) mass is 273 g/mol. The molecule has 0 unspecified atom stereocenters. The van der Waals surface area contributed by atoms with Gasteiger partial charge in [0.2, 0.25) is 5.66 Å². The molecule has 0 atom stereocenters. The van der Waals surface area contributed by atoms with E-state index in [0.717, 1.165) is 24.5 Å². The van der Waals surface area contributed by atoms with Gasteiger partial charge < -0.3 is 0 Å². The molecule has 1 fully saturated rings. The summed E-state index contributed by atoms with van der Waals surface area (Å²) in [6.45, 7) is 2.08. The van der Waals surface area contributed by atoms with Crippen molar-refractivity contribution in [2.24, 2.45) is 5.73 Å². The zero-order valence-corrected chi connectivity index (χ0v) is 11.9. The van der Waals surface area contributed by atoms with Gasteiger partial charge in [0.25, 0.3) is 0 Å². The molecule has 0 amide bonds. The van der Waals surface area contributed by atoms with Crippen molar-refractivity contribution >= 4 is 17.6 Å². The van der Waals surface area contributed by atoms with Crippen LogP contribution in [0, 0.1) is 6.92 Å². The predicted octanol–water partition coefficient (Wildman–Crippen LogP) is -1.50. The largest absolute Gasteiger partial charge is 0.360 e. The van der Waals surface area contributed by atoms with E-state index in [9.17, 15) is 0 Å². The average molecular weight is 273 g/mol. The molecule has 6 N–H and O–H groups in total. The molecule has 0 aromatic heterocycles. The number of benzene rings is 1. The van der Waals surface area contributed by atoms with E-state index in [1.165, 1.54) is 24.8 Å². The smallest absolute Gasteiger partial charge is 0.290 e. The molecular weight excluding hydrogens is 250 g/mol. The van der Waals surface area contributed by atoms with Gasteiger partial charge in [-0.3, -0.25) is 5.73 Å². The van der Waals surface area contributed by atoms with Crippen LogP contribution in [0.3, 0.4) is 0 Å². The van der Waals surface area contributed by atoms with Crippen LogP contribution in [0.4, 0.5) is 5.69 Å². The zero-order chi connectivity index (χ0) is 14.0. The van der Waals surface area contributed by atoms with E-state index in [-0.39, 0.29) is 5.66 Å². The molecule has 5 heteroatoms. The number of nitrogens with one attached hydrogen (secondary N) is 4. The maximum atomic E-state index is 6.00. The Balaban J connectivity index is 1.80. The summed E-state index contributed by atoms with van der Waals surface area (Å²) >= 11 is 0. The van der Waals surface area contributed by atoms with Crippen molar-refractivity contribution in [2.45, 2.75) is 44.7 Å². The van der Waals surface area contributed by atoms with Crippen LogP contribution in [0.2, 0.25) is 0 Å². The summed E-state index contributed by atoms with van der Waals surface area (Å²) in [6.07, 6.45) is 5.94. The maximum Gasteiger partial charge on any atom is 0.360 e. The third-order valence-corrected chi connectivity index (χ3v) is 4.03. The van der Waals surface area contributed by atoms with Crippen LogP contribution < -0.4 is 26.4 Å². The lowest BCUT2D eigenvalue weighted by atomic mass is 9.90. The number of hydrogen-bond donors (Lipinski definition) is 5. The third-order valence-electron chi connectivity index (χ3n) is 4.03. The van der Waals surface area contributed by atoms with Crippen LogP contribution in [-0.2, 0) is 0 Å². The number of rotatable bonds is 1. The molecule has 5 nitrogen and oxygen atoms in total. The number of guanidine groups is 2. The molecule has 1 aliphatic heterocycles. The fraction of sp³-hybridized carbons (Fsp3) is 0.467. The van der Waals surface area contributed by atoms with Crippen molar-refractivity contribution in [2.75, 3.05) is 5.32 Å². The van der Waals surface area contributed by atoms with Gasteiger partial charge >= 0.3 is 11.9 Å². The Morgan fingerprint density at radius 2 is 1.80 bits per heavy atom. The highest BCUT2D eigenvalue weighted by molar-refractivity contribution is 6.00. The molecule has 1 saturated carbocycles. The van der Waals surface area contributed by atoms with Gasteiger partial charge in [-0.25, -0.2) is 15.3 Å². The summed E-state index contributed by atoms with van der Waals surface area (Å²) < 4.78 is 0. The number of hydrogen-bond acceptors (Lipinski definition) is 3. The Kier molecular flexibility index (Phi) is 3.34. The fourth-order valence-corrected chi connectivity index (χ4v) is 2.97. The second-order valence-electron chi connectivity index (χ2n) is 5.80. The normalized spacial score (nSPS) is 20.9. The Bertz CT molecular complexity index is 538. The van der Waals surface area contributed by atoms with E-state index < -0.39 is 0 Å². The van der Waals surface area contributed by atoms with Crippen molar-refractivity contribution in [3.05, 3.63) is 29.8 Å². The van der Waals surface area contributed by atoms with Gasteiger partial charge in [0.05, 0.1) is 5.69 Å².